The molecule has 2 atom stereocenters. The quantitative estimate of drug-likeness (QED) is 0.870. The topological polar surface area (TPSA) is 63.6 Å². The van der Waals surface area contributed by atoms with Crippen LogP contribution in [-0.4, -0.2) is 38.2 Å². The number of aliphatic hydroxyl groups is 1. The Hall–Kier alpha value is -1.07. The van der Waals surface area contributed by atoms with Gasteiger partial charge in [-0.1, -0.05) is 18.2 Å². The summed E-state index contributed by atoms with van der Waals surface area (Å²) in [4.78, 5) is 0. The highest BCUT2D eigenvalue weighted by molar-refractivity contribution is 7.91. The summed E-state index contributed by atoms with van der Waals surface area (Å²) in [7, 11) is -2.90. The zero-order valence-corrected chi connectivity index (χ0v) is 11.0. The lowest BCUT2D eigenvalue weighted by molar-refractivity contribution is 0.126. The second kappa shape index (κ2) is 5.71. The second-order valence-electron chi connectivity index (χ2n) is 4.73. The molecule has 2 rings (SSSR count). The van der Waals surface area contributed by atoms with Crippen LogP contribution < -0.4 is 4.74 Å². The van der Waals surface area contributed by atoms with Gasteiger partial charge in [-0.2, -0.15) is 0 Å². The highest BCUT2D eigenvalue weighted by atomic mass is 32.2. The fourth-order valence-corrected chi connectivity index (χ4v) is 4.17. The average molecular weight is 270 g/mol. The van der Waals surface area contributed by atoms with Crippen LogP contribution in [0.25, 0.3) is 0 Å². The molecule has 1 saturated heterocycles. The van der Waals surface area contributed by atoms with Gasteiger partial charge in [-0.15, -0.1) is 0 Å². The Bertz CT molecular complexity index is 469. The van der Waals surface area contributed by atoms with E-state index in [1.807, 2.05) is 30.3 Å². The zero-order valence-electron chi connectivity index (χ0n) is 10.2. The van der Waals surface area contributed by atoms with Crippen LogP contribution in [0.5, 0.6) is 5.75 Å². The van der Waals surface area contributed by atoms with Gasteiger partial charge in [0.1, 0.15) is 5.75 Å². The molecule has 18 heavy (non-hydrogen) atoms. The van der Waals surface area contributed by atoms with Gasteiger partial charge in [0.15, 0.2) is 9.84 Å². The molecule has 0 aliphatic carbocycles. The van der Waals surface area contributed by atoms with Gasteiger partial charge in [-0.3, -0.25) is 0 Å². The summed E-state index contributed by atoms with van der Waals surface area (Å²) in [5.74, 6) is 1.07. The summed E-state index contributed by atoms with van der Waals surface area (Å²) in [5.41, 5.74) is 0. The van der Waals surface area contributed by atoms with Crippen LogP contribution in [0.4, 0.5) is 0 Å². The molecule has 1 N–H and O–H groups in total. The molecule has 1 aromatic carbocycles. The third-order valence-corrected chi connectivity index (χ3v) is 5.17. The van der Waals surface area contributed by atoms with Crippen molar-refractivity contribution < 1.29 is 18.3 Å². The predicted octanol–water partition coefficient (Wildman–Crippen LogP) is 1.11. The molecule has 1 aliphatic rings. The average Bonchev–Trinajstić information content (AvgIpc) is 2.72. The van der Waals surface area contributed by atoms with Gasteiger partial charge in [-0.25, -0.2) is 8.42 Å². The monoisotopic (exact) mass is 270 g/mol. The van der Waals surface area contributed by atoms with Crippen LogP contribution >= 0.6 is 0 Å². The van der Waals surface area contributed by atoms with Gasteiger partial charge >= 0.3 is 0 Å². The lowest BCUT2D eigenvalue weighted by Gasteiger charge is -2.20. The molecule has 0 aromatic heterocycles. The van der Waals surface area contributed by atoms with E-state index in [1.54, 1.807) is 0 Å². The maximum Gasteiger partial charge on any atom is 0.150 e. The smallest absolute Gasteiger partial charge is 0.150 e. The molecular weight excluding hydrogens is 252 g/mol. The second-order valence-corrected chi connectivity index (χ2v) is 6.96. The maximum atomic E-state index is 11.4. The minimum absolute atomic E-state index is 0.0173. The van der Waals surface area contributed by atoms with Crippen molar-refractivity contribution in [1.29, 1.82) is 0 Å². The van der Waals surface area contributed by atoms with Crippen molar-refractivity contribution in [2.24, 2.45) is 11.8 Å². The number of rotatable bonds is 5. The SMILES string of the molecule is O=S1(=O)CCC(C(CO)COc2ccccc2)C1. The number of hydrogen-bond acceptors (Lipinski definition) is 4. The Morgan fingerprint density at radius 2 is 2.06 bits per heavy atom. The van der Waals surface area contributed by atoms with Crippen molar-refractivity contribution in [1.82, 2.24) is 0 Å². The lowest BCUT2D eigenvalue weighted by atomic mass is 9.93. The molecule has 5 heteroatoms. The van der Waals surface area contributed by atoms with Crippen molar-refractivity contribution in [3.8, 4) is 5.75 Å². The number of hydrogen-bond donors (Lipinski definition) is 1. The fourth-order valence-electron chi connectivity index (χ4n) is 2.25. The highest BCUT2D eigenvalue weighted by Gasteiger charge is 2.33. The molecule has 4 nitrogen and oxygen atoms in total. The normalized spacial score (nSPS) is 23.7. The molecule has 0 spiro atoms. The van der Waals surface area contributed by atoms with Crippen molar-refractivity contribution >= 4 is 9.84 Å². The van der Waals surface area contributed by atoms with Crippen LogP contribution in [-0.2, 0) is 9.84 Å². The van der Waals surface area contributed by atoms with Crippen molar-refractivity contribution in [2.75, 3.05) is 24.7 Å². The predicted molar refractivity (Wildman–Crippen MR) is 69.3 cm³/mol. The molecule has 0 amide bonds. The van der Waals surface area contributed by atoms with E-state index < -0.39 is 9.84 Å². The van der Waals surface area contributed by atoms with Gasteiger partial charge in [0.2, 0.25) is 0 Å². The number of ether oxygens (including phenoxy) is 1. The van der Waals surface area contributed by atoms with Crippen LogP contribution in [0.15, 0.2) is 30.3 Å². The first-order valence-corrected chi connectivity index (χ1v) is 7.92. The molecule has 1 fully saturated rings. The van der Waals surface area contributed by atoms with Crippen molar-refractivity contribution in [3.05, 3.63) is 30.3 Å². The van der Waals surface area contributed by atoms with Crippen LogP contribution in [0.2, 0.25) is 0 Å². The molecule has 100 valence electrons. The molecule has 2 unspecified atom stereocenters. The van der Waals surface area contributed by atoms with E-state index in [2.05, 4.69) is 0 Å². The summed E-state index contributed by atoms with van der Waals surface area (Å²) in [6, 6.07) is 9.35. The van der Waals surface area contributed by atoms with Gasteiger partial charge in [0.25, 0.3) is 0 Å². The van der Waals surface area contributed by atoms with E-state index in [0.29, 0.717) is 13.0 Å². The van der Waals surface area contributed by atoms with Crippen LogP contribution in [0, 0.1) is 11.8 Å². The first-order valence-electron chi connectivity index (χ1n) is 6.10. The van der Waals surface area contributed by atoms with Gasteiger partial charge < -0.3 is 9.84 Å². The number of aliphatic hydroxyl groups excluding tert-OH is 1. The van der Waals surface area contributed by atoms with E-state index in [4.69, 9.17) is 4.74 Å². The van der Waals surface area contributed by atoms with Gasteiger partial charge in [0.05, 0.1) is 18.1 Å². The summed E-state index contributed by atoms with van der Waals surface area (Å²) < 4.78 is 28.4. The summed E-state index contributed by atoms with van der Waals surface area (Å²) in [6.07, 6.45) is 0.631. The largest absolute Gasteiger partial charge is 0.493 e. The minimum atomic E-state index is -2.90. The molecule has 1 aliphatic heterocycles. The summed E-state index contributed by atoms with van der Waals surface area (Å²) >= 11 is 0. The van der Waals surface area contributed by atoms with Crippen LogP contribution in [0.1, 0.15) is 6.42 Å². The van der Waals surface area contributed by atoms with Crippen molar-refractivity contribution in [2.45, 2.75) is 6.42 Å². The van der Waals surface area contributed by atoms with Crippen LogP contribution in [0.3, 0.4) is 0 Å². The lowest BCUT2D eigenvalue weighted by Crippen LogP contribution is -2.26. The zero-order chi connectivity index (χ0) is 13.0. The molecule has 0 bridgehead atoms. The molecule has 0 radical (unpaired) electrons. The maximum absolute atomic E-state index is 11.4. The number of benzene rings is 1. The Labute approximate surface area is 108 Å². The Balaban J connectivity index is 1.90. The molecular formula is C13H18O4S. The van der Waals surface area contributed by atoms with E-state index in [1.165, 1.54) is 0 Å². The first kappa shape index (κ1) is 13.4. The van der Waals surface area contributed by atoms with E-state index in [-0.39, 0.29) is 29.9 Å². The summed E-state index contributed by atoms with van der Waals surface area (Å²) in [6.45, 7) is 0.327. The Morgan fingerprint density at radius 1 is 1.33 bits per heavy atom. The Kier molecular flexibility index (Phi) is 4.24. The van der Waals surface area contributed by atoms with E-state index >= 15 is 0 Å². The third-order valence-electron chi connectivity index (χ3n) is 3.38. The van der Waals surface area contributed by atoms with Gasteiger partial charge in [-0.05, 0) is 24.5 Å². The molecule has 1 heterocycles. The van der Waals surface area contributed by atoms with Crippen molar-refractivity contribution in [3.63, 3.8) is 0 Å². The standard InChI is InChI=1S/C13H18O4S/c14-8-12(11-6-7-18(15,16)10-11)9-17-13-4-2-1-3-5-13/h1-5,11-12,14H,6-10H2. The molecule has 0 saturated carbocycles. The fraction of sp³-hybridized carbons (Fsp3) is 0.538. The highest BCUT2D eigenvalue weighted by Crippen LogP contribution is 2.26. The number of para-hydroxylation sites is 1. The summed E-state index contributed by atoms with van der Waals surface area (Å²) in [5, 5.41) is 9.36. The van der Waals surface area contributed by atoms with Gasteiger partial charge in [0, 0.05) is 12.5 Å². The Morgan fingerprint density at radius 3 is 2.61 bits per heavy atom. The van der Waals surface area contributed by atoms with E-state index in [9.17, 15) is 13.5 Å². The van der Waals surface area contributed by atoms with E-state index in [0.717, 1.165) is 5.75 Å². The third kappa shape index (κ3) is 3.46. The minimum Gasteiger partial charge on any atom is -0.493 e. The number of sulfone groups is 1. The first-order chi connectivity index (χ1) is 8.61. The molecule has 1 aromatic rings.